The predicted octanol–water partition coefficient (Wildman–Crippen LogP) is 3.94. The highest BCUT2D eigenvalue weighted by molar-refractivity contribution is 14.1. The number of aliphatic hydroxyl groups is 1. The van der Waals surface area contributed by atoms with Crippen LogP contribution < -0.4 is 5.32 Å². The summed E-state index contributed by atoms with van der Waals surface area (Å²) < 4.78 is 20.1. The molecule has 1 amide bonds. The summed E-state index contributed by atoms with van der Waals surface area (Å²) in [4.78, 5) is 26.1. The molecule has 1 fully saturated rings. The summed E-state index contributed by atoms with van der Waals surface area (Å²) in [6, 6.07) is 26.3. The van der Waals surface area contributed by atoms with Crippen molar-refractivity contribution in [2.75, 3.05) is 13.2 Å². The number of amides is 1. The third kappa shape index (κ3) is 5.19. The van der Waals surface area contributed by atoms with Crippen molar-refractivity contribution in [2.24, 2.45) is 0 Å². The second kappa shape index (κ2) is 11.1. The van der Waals surface area contributed by atoms with Crippen molar-refractivity contribution in [2.45, 2.75) is 30.5 Å². The monoisotopic (exact) mass is 611 g/mol. The topological polar surface area (TPSA) is 94.1 Å². The summed E-state index contributed by atoms with van der Waals surface area (Å²) in [7, 11) is 0. The van der Waals surface area contributed by atoms with Crippen LogP contribution in [-0.2, 0) is 24.8 Å². The first-order valence-corrected chi connectivity index (χ1v) is 13.1. The van der Waals surface area contributed by atoms with Crippen LogP contribution in [0.2, 0.25) is 0 Å². The lowest BCUT2D eigenvalue weighted by Gasteiger charge is -2.31. The molecule has 190 valence electrons. The Bertz CT molecular complexity index is 1260. The zero-order chi connectivity index (χ0) is 25.8. The van der Waals surface area contributed by atoms with Gasteiger partial charge in [0.2, 0.25) is 11.7 Å². The van der Waals surface area contributed by atoms with Gasteiger partial charge in [0.05, 0.1) is 12.2 Å². The third-order valence-electron chi connectivity index (χ3n) is 6.43. The molecule has 5 rings (SSSR count). The molecule has 0 spiro atoms. The largest absolute Gasteiger partial charge is 0.455 e. The minimum Gasteiger partial charge on any atom is -0.455 e. The normalized spacial score (nSPS) is 22.0. The average Bonchev–Trinajstić information content (AvgIpc) is 3.34. The van der Waals surface area contributed by atoms with Crippen molar-refractivity contribution in [1.29, 1.82) is 0 Å². The molecule has 0 radical (unpaired) electrons. The fourth-order valence-electron chi connectivity index (χ4n) is 4.70. The van der Waals surface area contributed by atoms with Gasteiger partial charge in [-0.3, -0.25) is 4.79 Å². The first kappa shape index (κ1) is 25.6. The maximum Gasteiger partial charge on any atom is 0.339 e. The van der Waals surface area contributed by atoms with Crippen LogP contribution in [0.5, 0.6) is 0 Å². The molecule has 3 atom stereocenters. The van der Waals surface area contributed by atoms with E-state index in [1.54, 1.807) is 18.2 Å². The number of fused-ring (bicyclic) bond motifs is 1. The quantitative estimate of drug-likeness (QED) is 0.311. The van der Waals surface area contributed by atoms with Crippen LogP contribution in [0.15, 0.2) is 96.6 Å². The molecule has 2 aliphatic rings. The van der Waals surface area contributed by atoms with Gasteiger partial charge in [0, 0.05) is 33.2 Å². The van der Waals surface area contributed by atoms with Gasteiger partial charge in [0.15, 0.2) is 0 Å². The molecule has 0 saturated carbocycles. The number of carbonyl (C=O) groups excluding carboxylic acids is 2. The van der Waals surface area contributed by atoms with Crippen LogP contribution in [0.1, 0.15) is 27.9 Å². The van der Waals surface area contributed by atoms with E-state index in [0.717, 1.165) is 14.7 Å². The summed E-state index contributed by atoms with van der Waals surface area (Å²) in [6.07, 6.45) is -0.197. The molecular formula is C29H26INO6. The van der Waals surface area contributed by atoms with Gasteiger partial charge >= 0.3 is 5.97 Å². The molecule has 0 aromatic heterocycles. The lowest BCUT2D eigenvalue weighted by molar-refractivity contribution is -0.157. The third-order valence-corrected chi connectivity index (χ3v) is 7.37. The van der Waals surface area contributed by atoms with Crippen molar-refractivity contribution < 1.29 is 28.9 Å². The van der Waals surface area contributed by atoms with E-state index in [1.165, 1.54) is 0 Å². The molecule has 0 bridgehead atoms. The van der Waals surface area contributed by atoms with Gasteiger partial charge in [-0.2, -0.15) is 0 Å². The highest BCUT2D eigenvalue weighted by atomic mass is 127. The number of rotatable bonds is 7. The summed E-state index contributed by atoms with van der Waals surface area (Å²) in [6.45, 7) is -0.0626. The molecule has 3 aromatic carbocycles. The first-order valence-electron chi connectivity index (χ1n) is 12.0. The fraction of sp³-hybridized carbons (Fsp3) is 0.241. The van der Waals surface area contributed by atoms with E-state index in [2.05, 4.69) is 27.9 Å². The van der Waals surface area contributed by atoms with Crippen molar-refractivity contribution in [3.8, 4) is 0 Å². The number of ether oxygens (including phenoxy) is 3. The standard InChI is InChI=1S/C29H26INO6/c30-23-14-8-7-13-22(23)28(34)35-24-17-19(27(33)31-15-16-32)18-25-26(24)37-29(36-25,20-9-3-1-4-10-20)21-11-5-2-6-12-21/h1-14,18,24-26,32H,15-17H2,(H,31,33). The number of benzene rings is 3. The first-order chi connectivity index (χ1) is 18.0. The van der Waals surface area contributed by atoms with E-state index in [9.17, 15) is 9.59 Å². The zero-order valence-electron chi connectivity index (χ0n) is 19.9. The molecule has 1 aliphatic carbocycles. The fourth-order valence-corrected chi connectivity index (χ4v) is 5.31. The van der Waals surface area contributed by atoms with Crippen molar-refractivity contribution >= 4 is 34.5 Å². The Hall–Kier alpha value is -3.05. The molecule has 1 saturated heterocycles. The van der Waals surface area contributed by atoms with Crippen LogP contribution >= 0.6 is 22.6 Å². The Kier molecular flexibility index (Phi) is 7.71. The number of aliphatic hydroxyl groups excluding tert-OH is 1. The smallest absolute Gasteiger partial charge is 0.339 e. The van der Waals surface area contributed by atoms with Gasteiger partial charge in [-0.25, -0.2) is 4.79 Å². The lowest BCUT2D eigenvalue weighted by atomic mass is 9.91. The number of halogens is 1. The number of hydrogen-bond acceptors (Lipinski definition) is 6. The molecule has 1 aliphatic heterocycles. The van der Waals surface area contributed by atoms with Gasteiger partial charge in [-0.05, 0) is 40.8 Å². The Labute approximate surface area is 228 Å². The molecule has 3 unspecified atom stereocenters. The van der Waals surface area contributed by atoms with E-state index >= 15 is 0 Å². The second-order valence-electron chi connectivity index (χ2n) is 8.81. The van der Waals surface area contributed by atoms with Crippen molar-refractivity contribution in [3.05, 3.63) is 117 Å². The van der Waals surface area contributed by atoms with Crippen LogP contribution in [0, 0.1) is 3.57 Å². The van der Waals surface area contributed by atoms with E-state index < -0.39 is 30.1 Å². The summed E-state index contributed by atoms with van der Waals surface area (Å²) in [5.41, 5.74) is 2.43. The minimum atomic E-state index is -1.25. The maximum atomic E-state index is 13.2. The van der Waals surface area contributed by atoms with E-state index in [1.807, 2.05) is 72.8 Å². The summed E-state index contributed by atoms with van der Waals surface area (Å²) >= 11 is 2.10. The zero-order valence-corrected chi connectivity index (χ0v) is 22.0. The summed E-state index contributed by atoms with van der Waals surface area (Å²) in [5, 5.41) is 11.8. The van der Waals surface area contributed by atoms with Gasteiger partial charge < -0.3 is 24.6 Å². The van der Waals surface area contributed by atoms with Crippen molar-refractivity contribution in [1.82, 2.24) is 5.32 Å². The van der Waals surface area contributed by atoms with E-state index in [-0.39, 0.29) is 25.5 Å². The van der Waals surface area contributed by atoms with Gasteiger partial charge in [-0.15, -0.1) is 0 Å². The van der Waals surface area contributed by atoms with Gasteiger partial charge in [0.1, 0.15) is 18.3 Å². The number of hydrogen-bond donors (Lipinski definition) is 2. The number of esters is 1. The predicted molar refractivity (Wildman–Crippen MR) is 145 cm³/mol. The number of carbonyl (C=O) groups is 2. The molecule has 1 heterocycles. The van der Waals surface area contributed by atoms with Crippen LogP contribution in [0.4, 0.5) is 0 Å². The van der Waals surface area contributed by atoms with Crippen LogP contribution in [0.3, 0.4) is 0 Å². The minimum absolute atomic E-state index is 0.117. The van der Waals surface area contributed by atoms with Crippen molar-refractivity contribution in [3.63, 3.8) is 0 Å². The SMILES string of the molecule is O=C(NCCO)C1=CC2OC(c3ccccc3)(c3ccccc3)OC2C(OC(=O)c2ccccc2I)C1. The Balaban J connectivity index is 1.53. The Morgan fingerprint density at radius 3 is 2.19 bits per heavy atom. The highest BCUT2D eigenvalue weighted by Gasteiger charge is 2.54. The van der Waals surface area contributed by atoms with Gasteiger partial charge in [-0.1, -0.05) is 72.8 Å². The van der Waals surface area contributed by atoms with Crippen LogP contribution in [-0.4, -0.2) is 48.4 Å². The molecular weight excluding hydrogens is 585 g/mol. The molecule has 37 heavy (non-hydrogen) atoms. The molecule has 2 N–H and O–H groups in total. The molecule has 3 aromatic rings. The maximum absolute atomic E-state index is 13.2. The Morgan fingerprint density at radius 2 is 1.57 bits per heavy atom. The van der Waals surface area contributed by atoms with Gasteiger partial charge in [0.25, 0.3) is 0 Å². The molecule has 8 heteroatoms. The number of nitrogens with one attached hydrogen (secondary N) is 1. The molecule has 7 nitrogen and oxygen atoms in total. The average molecular weight is 611 g/mol. The second-order valence-corrected chi connectivity index (χ2v) is 9.97. The van der Waals surface area contributed by atoms with Crippen LogP contribution in [0.25, 0.3) is 0 Å². The lowest BCUT2D eigenvalue weighted by Crippen LogP contribution is -2.43. The van der Waals surface area contributed by atoms with E-state index in [0.29, 0.717) is 11.1 Å². The van der Waals surface area contributed by atoms with E-state index in [4.69, 9.17) is 19.3 Å². The summed E-state index contributed by atoms with van der Waals surface area (Å²) in [5.74, 6) is -2.09. The Morgan fingerprint density at radius 1 is 0.946 bits per heavy atom. The highest BCUT2D eigenvalue weighted by Crippen LogP contribution is 2.47.